The van der Waals surface area contributed by atoms with Gasteiger partial charge in [0.2, 0.25) is 0 Å². The Kier molecular flexibility index (Phi) is 5.19. The molecule has 1 atom stereocenters. The maximum absolute atomic E-state index is 6.55. The predicted molar refractivity (Wildman–Crippen MR) is 152 cm³/mol. The van der Waals surface area contributed by atoms with E-state index in [0.29, 0.717) is 6.61 Å². The molecule has 1 aliphatic carbocycles. The Balaban J connectivity index is 1.64. The minimum atomic E-state index is -0.0460. The van der Waals surface area contributed by atoms with Crippen molar-refractivity contribution in [2.45, 2.75) is 39.4 Å². The normalized spacial score (nSPS) is 15.8. The van der Waals surface area contributed by atoms with Crippen LogP contribution in [0.3, 0.4) is 0 Å². The van der Waals surface area contributed by atoms with Crippen LogP contribution in [0.5, 0.6) is 5.75 Å². The van der Waals surface area contributed by atoms with Gasteiger partial charge in [0.15, 0.2) is 0 Å². The summed E-state index contributed by atoms with van der Waals surface area (Å²) in [5.41, 5.74) is 14.5. The molecule has 0 unspecified atom stereocenters. The van der Waals surface area contributed by atoms with Crippen LogP contribution in [-0.2, 0) is 24.2 Å². The van der Waals surface area contributed by atoms with E-state index < -0.39 is 0 Å². The lowest BCUT2D eigenvalue weighted by atomic mass is 9.74. The van der Waals surface area contributed by atoms with Crippen molar-refractivity contribution in [1.82, 2.24) is 0 Å². The van der Waals surface area contributed by atoms with Gasteiger partial charge in [0, 0.05) is 0 Å². The molecule has 0 saturated heterocycles. The van der Waals surface area contributed by atoms with Crippen molar-refractivity contribution in [2.24, 2.45) is 0 Å². The molecule has 0 radical (unpaired) electrons. The van der Waals surface area contributed by atoms with E-state index in [0.717, 1.165) is 18.6 Å². The zero-order valence-electron chi connectivity index (χ0n) is 21.6. The molecule has 2 aliphatic rings. The van der Waals surface area contributed by atoms with Crippen molar-refractivity contribution in [3.05, 3.63) is 113 Å². The topological polar surface area (TPSA) is 18.5 Å². The van der Waals surface area contributed by atoms with Gasteiger partial charge in [-0.1, -0.05) is 78.4 Å². The maximum atomic E-state index is 6.55. The summed E-state index contributed by atoms with van der Waals surface area (Å²) in [5.74, 6) is 0.868. The fourth-order valence-corrected chi connectivity index (χ4v) is 6.36. The Bertz CT molecular complexity index is 1680. The Morgan fingerprint density at radius 2 is 1.54 bits per heavy atom. The van der Waals surface area contributed by atoms with Crippen molar-refractivity contribution in [3.63, 3.8) is 0 Å². The van der Waals surface area contributed by atoms with Crippen molar-refractivity contribution in [2.75, 3.05) is 7.11 Å². The SMILES string of the molecule is COc1ccc2c(c1)CO[C@@H](C)c1c(-c3ccc(C)cc3)cc3c(c1-2)-c1c(ccc2ccccc12)CC3. The second-order valence-electron chi connectivity index (χ2n) is 10.4. The largest absolute Gasteiger partial charge is 0.497 e. The van der Waals surface area contributed by atoms with E-state index >= 15 is 0 Å². The number of ether oxygens (including phenoxy) is 2. The molecule has 182 valence electrons. The van der Waals surface area contributed by atoms with Crippen LogP contribution in [0, 0.1) is 6.92 Å². The molecule has 0 bridgehead atoms. The van der Waals surface area contributed by atoms with Gasteiger partial charge in [-0.15, -0.1) is 0 Å². The molecule has 0 fully saturated rings. The summed E-state index contributed by atoms with van der Waals surface area (Å²) in [4.78, 5) is 0. The van der Waals surface area contributed by atoms with Crippen LogP contribution in [0.4, 0.5) is 0 Å². The van der Waals surface area contributed by atoms with Gasteiger partial charge in [-0.3, -0.25) is 0 Å². The number of fused-ring (bicyclic) bond motifs is 9. The molecule has 2 nitrogen and oxygen atoms in total. The lowest BCUT2D eigenvalue weighted by Gasteiger charge is -2.29. The maximum Gasteiger partial charge on any atom is 0.119 e. The van der Waals surface area contributed by atoms with Crippen LogP contribution in [0.2, 0.25) is 0 Å². The van der Waals surface area contributed by atoms with Crippen molar-refractivity contribution in [3.8, 4) is 39.1 Å². The molecule has 2 heteroatoms. The highest BCUT2D eigenvalue weighted by Crippen LogP contribution is 2.52. The van der Waals surface area contributed by atoms with E-state index in [4.69, 9.17) is 9.47 Å². The number of hydrogen-bond acceptors (Lipinski definition) is 2. The van der Waals surface area contributed by atoms with Gasteiger partial charge >= 0.3 is 0 Å². The number of rotatable bonds is 2. The molecule has 5 aromatic rings. The standard InChI is InChI=1S/C35H30O2/c1-21-8-10-24(11-9-21)31-19-26-15-14-25-13-12-23-6-4-5-7-29(23)33(25)34(26)35-30-17-16-28(36-3)18-27(30)20-37-22(2)32(31)35/h4-13,16-19,22H,14-15,20H2,1-3H3/t22-/m0/s1. The number of aryl methyl sites for hydroxylation is 3. The highest BCUT2D eigenvalue weighted by Gasteiger charge is 2.31. The predicted octanol–water partition coefficient (Wildman–Crippen LogP) is 8.85. The molecule has 1 heterocycles. The van der Waals surface area contributed by atoms with Gasteiger partial charge < -0.3 is 9.47 Å². The van der Waals surface area contributed by atoms with Gasteiger partial charge in [-0.05, 0) is 105 Å². The van der Waals surface area contributed by atoms with Crippen LogP contribution >= 0.6 is 0 Å². The number of hydrogen-bond donors (Lipinski definition) is 0. The molecule has 37 heavy (non-hydrogen) atoms. The van der Waals surface area contributed by atoms with Gasteiger partial charge in [-0.25, -0.2) is 0 Å². The molecule has 0 spiro atoms. The van der Waals surface area contributed by atoms with Gasteiger partial charge in [0.05, 0.1) is 19.8 Å². The molecule has 0 saturated carbocycles. The molecular formula is C35H30O2. The van der Waals surface area contributed by atoms with Crippen LogP contribution in [0.1, 0.15) is 40.8 Å². The van der Waals surface area contributed by atoms with E-state index in [-0.39, 0.29) is 6.10 Å². The van der Waals surface area contributed by atoms with E-state index in [9.17, 15) is 0 Å². The quantitative estimate of drug-likeness (QED) is 0.250. The summed E-state index contributed by atoms with van der Waals surface area (Å²) in [5, 5.41) is 2.62. The second kappa shape index (κ2) is 8.61. The van der Waals surface area contributed by atoms with Crippen LogP contribution in [0.25, 0.3) is 44.2 Å². The summed E-state index contributed by atoms with van der Waals surface area (Å²) >= 11 is 0. The second-order valence-corrected chi connectivity index (χ2v) is 10.4. The summed E-state index contributed by atoms with van der Waals surface area (Å²) in [6, 6.07) is 31.3. The third-order valence-corrected chi connectivity index (χ3v) is 8.22. The summed E-state index contributed by atoms with van der Waals surface area (Å²) in [6.07, 6.45) is 2.05. The molecule has 5 aromatic carbocycles. The first-order valence-corrected chi connectivity index (χ1v) is 13.2. The monoisotopic (exact) mass is 482 g/mol. The molecule has 0 N–H and O–H groups in total. The zero-order chi connectivity index (χ0) is 25.1. The molecule has 0 aromatic heterocycles. The van der Waals surface area contributed by atoms with Gasteiger partial charge in [0.25, 0.3) is 0 Å². The zero-order valence-corrected chi connectivity index (χ0v) is 21.6. The first-order chi connectivity index (χ1) is 18.1. The summed E-state index contributed by atoms with van der Waals surface area (Å²) in [7, 11) is 1.73. The highest BCUT2D eigenvalue weighted by atomic mass is 16.5. The Hall–Kier alpha value is -3.88. The third-order valence-electron chi connectivity index (χ3n) is 8.22. The minimum absolute atomic E-state index is 0.0460. The Morgan fingerprint density at radius 3 is 2.38 bits per heavy atom. The van der Waals surface area contributed by atoms with E-state index in [1.54, 1.807) is 7.11 Å². The van der Waals surface area contributed by atoms with Crippen molar-refractivity contribution in [1.29, 1.82) is 0 Å². The van der Waals surface area contributed by atoms with E-state index in [1.165, 1.54) is 72.0 Å². The van der Waals surface area contributed by atoms with Crippen molar-refractivity contribution >= 4 is 10.8 Å². The van der Waals surface area contributed by atoms with E-state index in [1.807, 2.05) is 0 Å². The fraction of sp³-hybridized carbons (Fsp3) is 0.200. The molecule has 1 aliphatic heterocycles. The molecule has 7 rings (SSSR count). The Morgan fingerprint density at radius 1 is 0.730 bits per heavy atom. The minimum Gasteiger partial charge on any atom is -0.497 e. The van der Waals surface area contributed by atoms with Gasteiger partial charge in [0.1, 0.15) is 5.75 Å². The smallest absolute Gasteiger partial charge is 0.119 e. The average molecular weight is 483 g/mol. The lowest BCUT2D eigenvalue weighted by molar-refractivity contribution is 0.0553. The summed E-state index contributed by atoms with van der Waals surface area (Å²) < 4.78 is 12.2. The van der Waals surface area contributed by atoms with Crippen LogP contribution in [0.15, 0.2) is 84.9 Å². The van der Waals surface area contributed by atoms with Crippen LogP contribution in [-0.4, -0.2) is 7.11 Å². The Labute approximate surface area is 218 Å². The summed E-state index contributed by atoms with van der Waals surface area (Å²) in [6.45, 7) is 4.92. The first kappa shape index (κ1) is 22.3. The highest BCUT2D eigenvalue weighted by molar-refractivity contribution is 6.06. The number of methoxy groups -OCH3 is 1. The van der Waals surface area contributed by atoms with Crippen molar-refractivity contribution < 1.29 is 9.47 Å². The average Bonchev–Trinajstić information content (AvgIpc) is 3.08. The van der Waals surface area contributed by atoms with Crippen LogP contribution < -0.4 is 4.74 Å². The molecular weight excluding hydrogens is 452 g/mol. The number of benzene rings is 5. The lowest BCUT2D eigenvalue weighted by Crippen LogP contribution is -2.10. The van der Waals surface area contributed by atoms with Gasteiger partial charge in [-0.2, -0.15) is 0 Å². The molecule has 0 amide bonds. The first-order valence-electron chi connectivity index (χ1n) is 13.2. The fourth-order valence-electron chi connectivity index (χ4n) is 6.36. The van der Waals surface area contributed by atoms with E-state index in [2.05, 4.69) is 98.8 Å². The third kappa shape index (κ3) is 3.51.